The van der Waals surface area contributed by atoms with Crippen LogP contribution in [0.15, 0.2) is 48.9 Å². The predicted molar refractivity (Wildman–Crippen MR) is 127 cm³/mol. The number of nitrogens with zero attached hydrogens (tertiary/aromatic N) is 3. The lowest BCUT2D eigenvalue weighted by Gasteiger charge is -2.36. The number of esters is 1. The number of carbonyl (C=O) groups is 3. The second kappa shape index (κ2) is 8.98. The highest BCUT2D eigenvalue weighted by molar-refractivity contribution is 6.33. The number of nitrogens with one attached hydrogen (secondary N) is 1. The van der Waals surface area contributed by atoms with E-state index in [1.165, 1.54) is 13.3 Å². The normalized spacial score (nSPS) is 21.9. The number of aromatic nitrogens is 3. The van der Waals surface area contributed by atoms with E-state index in [9.17, 15) is 14.4 Å². The molecule has 1 aromatic carbocycles. The highest BCUT2D eigenvalue weighted by atomic mass is 16.5. The monoisotopic (exact) mass is 474 g/mol. The summed E-state index contributed by atoms with van der Waals surface area (Å²) in [7, 11) is 0. The minimum absolute atomic E-state index is 0.0403. The number of Topliss-reactive ketones (excluding diaryl/α,β-unsaturated/α-hetero) is 1. The molecule has 5 rings (SSSR count). The fourth-order valence-corrected chi connectivity index (χ4v) is 4.83. The van der Waals surface area contributed by atoms with Gasteiger partial charge in [0, 0.05) is 24.7 Å². The molecular formula is C26H26N4O5. The van der Waals surface area contributed by atoms with Crippen LogP contribution in [0.3, 0.4) is 0 Å². The van der Waals surface area contributed by atoms with Crippen LogP contribution in [-0.4, -0.2) is 50.5 Å². The Morgan fingerprint density at radius 1 is 1.20 bits per heavy atom. The van der Waals surface area contributed by atoms with E-state index < -0.39 is 11.6 Å². The van der Waals surface area contributed by atoms with Crippen molar-refractivity contribution < 1.29 is 23.9 Å². The largest absolute Gasteiger partial charge is 0.478 e. The number of carbonyl (C=O) groups excluding carboxylic acids is 3. The summed E-state index contributed by atoms with van der Waals surface area (Å²) in [4.78, 5) is 41.2. The van der Waals surface area contributed by atoms with Crippen molar-refractivity contribution >= 4 is 34.6 Å². The van der Waals surface area contributed by atoms with Crippen molar-refractivity contribution in [2.24, 2.45) is 0 Å². The van der Waals surface area contributed by atoms with Crippen LogP contribution in [0, 0.1) is 6.92 Å². The Kier molecular flexibility index (Phi) is 5.84. The zero-order valence-electron chi connectivity index (χ0n) is 19.6. The second-order valence-electron chi connectivity index (χ2n) is 9.10. The molecule has 1 N–H and O–H groups in total. The zero-order valence-corrected chi connectivity index (χ0v) is 19.6. The minimum Gasteiger partial charge on any atom is -0.478 e. The summed E-state index contributed by atoms with van der Waals surface area (Å²) < 4.78 is 13.0. The quantitative estimate of drug-likeness (QED) is 0.566. The third-order valence-electron chi connectivity index (χ3n) is 6.57. The van der Waals surface area contributed by atoms with Crippen molar-refractivity contribution in [2.75, 3.05) is 6.61 Å². The van der Waals surface area contributed by atoms with E-state index >= 15 is 0 Å². The van der Waals surface area contributed by atoms with Crippen molar-refractivity contribution in [3.63, 3.8) is 0 Å². The number of benzene rings is 1. The van der Waals surface area contributed by atoms with Gasteiger partial charge in [-0.05, 0) is 50.3 Å². The van der Waals surface area contributed by atoms with Crippen molar-refractivity contribution in [1.29, 1.82) is 0 Å². The summed E-state index contributed by atoms with van der Waals surface area (Å²) in [6.07, 6.45) is 5.39. The van der Waals surface area contributed by atoms with Gasteiger partial charge in [0.15, 0.2) is 17.9 Å². The first-order valence-corrected chi connectivity index (χ1v) is 11.6. The molecule has 1 amide bonds. The van der Waals surface area contributed by atoms with E-state index in [-0.39, 0.29) is 24.3 Å². The Hall–Kier alpha value is -4.01. The molecule has 1 spiro atoms. The van der Waals surface area contributed by atoms with E-state index in [1.54, 1.807) is 4.52 Å². The van der Waals surface area contributed by atoms with Crippen LogP contribution in [-0.2, 0) is 23.9 Å². The molecule has 1 aliphatic carbocycles. The second-order valence-corrected chi connectivity index (χ2v) is 9.10. The van der Waals surface area contributed by atoms with Crippen LogP contribution in [0.4, 0.5) is 0 Å². The summed E-state index contributed by atoms with van der Waals surface area (Å²) in [6, 6.07) is 11.5. The lowest BCUT2D eigenvalue weighted by Crippen LogP contribution is -2.47. The molecular weight excluding hydrogens is 448 g/mol. The standard InChI is InChI=1S/C26H26N4O5/c1-16-4-3-5-18(12-16)23-24(19-6-7-21-27-15-28-30(21)13-19)35-26(25(23)33)10-8-20(9-11-26)29-22(32)14-34-17(2)31/h3-7,12-13,15,20H,8-11,14H2,1-2H3,(H,29,32). The lowest BCUT2D eigenvalue weighted by atomic mass is 9.77. The van der Waals surface area contributed by atoms with E-state index in [0.29, 0.717) is 42.7 Å². The van der Waals surface area contributed by atoms with Gasteiger partial charge in [-0.3, -0.25) is 14.4 Å². The molecule has 3 heterocycles. The summed E-state index contributed by atoms with van der Waals surface area (Å²) in [5.74, 6) is -0.351. The van der Waals surface area contributed by atoms with Crippen LogP contribution in [0.5, 0.6) is 0 Å². The maximum Gasteiger partial charge on any atom is 0.303 e. The molecule has 1 aliphatic heterocycles. The van der Waals surface area contributed by atoms with Crippen LogP contribution >= 0.6 is 0 Å². The Bertz CT molecular complexity index is 1350. The van der Waals surface area contributed by atoms with E-state index in [0.717, 1.165) is 16.7 Å². The van der Waals surface area contributed by atoms with E-state index in [1.807, 2.05) is 49.5 Å². The molecule has 0 atom stereocenters. The lowest BCUT2D eigenvalue weighted by molar-refractivity contribution is -0.146. The number of ketones is 1. The smallest absolute Gasteiger partial charge is 0.303 e. The molecule has 0 unspecified atom stereocenters. The molecule has 1 fully saturated rings. The van der Waals surface area contributed by atoms with Gasteiger partial charge in [0.05, 0.1) is 5.57 Å². The zero-order chi connectivity index (χ0) is 24.6. The van der Waals surface area contributed by atoms with Crippen molar-refractivity contribution in [2.45, 2.75) is 51.2 Å². The summed E-state index contributed by atoms with van der Waals surface area (Å²) in [5.41, 5.74) is 2.90. The Balaban J connectivity index is 1.42. The molecule has 9 nitrogen and oxygen atoms in total. The molecule has 35 heavy (non-hydrogen) atoms. The van der Waals surface area contributed by atoms with Crippen molar-refractivity contribution in [1.82, 2.24) is 19.9 Å². The predicted octanol–water partition coefficient (Wildman–Crippen LogP) is 2.87. The molecule has 9 heteroatoms. The Labute approximate surface area is 202 Å². The van der Waals surface area contributed by atoms with Gasteiger partial charge < -0.3 is 14.8 Å². The van der Waals surface area contributed by atoms with Gasteiger partial charge in [-0.2, -0.15) is 5.10 Å². The van der Waals surface area contributed by atoms with Crippen LogP contribution in [0.25, 0.3) is 17.0 Å². The number of aryl methyl sites for hydroxylation is 1. The molecule has 2 aromatic heterocycles. The minimum atomic E-state index is -0.983. The maximum atomic E-state index is 13.9. The molecule has 0 radical (unpaired) electrons. The third-order valence-corrected chi connectivity index (χ3v) is 6.57. The maximum absolute atomic E-state index is 13.9. The van der Waals surface area contributed by atoms with Gasteiger partial charge in [-0.1, -0.05) is 29.8 Å². The van der Waals surface area contributed by atoms with E-state index in [4.69, 9.17) is 9.47 Å². The molecule has 1 saturated carbocycles. The number of hydrogen-bond donors (Lipinski definition) is 1. The van der Waals surface area contributed by atoms with Gasteiger partial charge >= 0.3 is 5.97 Å². The highest BCUT2D eigenvalue weighted by Gasteiger charge is 2.51. The third kappa shape index (κ3) is 4.41. The molecule has 180 valence electrons. The van der Waals surface area contributed by atoms with Gasteiger partial charge in [0.25, 0.3) is 5.91 Å². The summed E-state index contributed by atoms with van der Waals surface area (Å²) in [6.45, 7) is 2.95. The number of amides is 1. The van der Waals surface area contributed by atoms with E-state index in [2.05, 4.69) is 15.4 Å². The van der Waals surface area contributed by atoms with Gasteiger partial charge in [-0.25, -0.2) is 9.50 Å². The van der Waals surface area contributed by atoms with Gasteiger partial charge in [-0.15, -0.1) is 0 Å². The first-order chi connectivity index (χ1) is 16.8. The number of ether oxygens (including phenoxy) is 2. The van der Waals surface area contributed by atoms with Gasteiger partial charge in [0.1, 0.15) is 12.1 Å². The first-order valence-electron chi connectivity index (χ1n) is 11.6. The molecule has 3 aromatic rings. The summed E-state index contributed by atoms with van der Waals surface area (Å²) in [5, 5.41) is 7.11. The summed E-state index contributed by atoms with van der Waals surface area (Å²) >= 11 is 0. The number of rotatable bonds is 5. The molecule has 0 bridgehead atoms. The SMILES string of the molecule is CC(=O)OCC(=O)NC1CCC2(CC1)OC(c1ccc3ncnn3c1)=C(c1cccc(C)c1)C2=O. The number of pyridine rings is 1. The van der Waals surface area contributed by atoms with Crippen LogP contribution in [0.2, 0.25) is 0 Å². The van der Waals surface area contributed by atoms with Crippen molar-refractivity contribution in [3.05, 3.63) is 65.6 Å². The van der Waals surface area contributed by atoms with Crippen LogP contribution < -0.4 is 5.32 Å². The number of fused-ring (bicyclic) bond motifs is 1. The average molecular weight is 475 g/mol. The molecule has 0 saturated heterocycles. The van der Waals surface area contributed by atoms with Crippen molar-refractivity contribution in [3.8, 4) is 0 Å². The fourth-order valence-electron chi connectivity index (χ4n) is 4.83. The average Bonchev–Trinajstić information content (AvgIpc) is 3.42. The highest BCUT2D eigenvalue weighted by Crippen LogP contribution is 2.48. The molecule has 2 aliphatic rings. The number of hydrogen-bond acceptors (Lipinski definition) is 7. The van der Waals surface area contributed by atoms with Gasteiger partial charge in [0.2, 0.25) is 5.78 Å². The fraction of sp³-hybridized carbons (Fsp3) is 0.346. The Morgan fingerprint density at radius 3 is 2.74 bits per heavy atom. The van der Waals surface area contributed by atoms with Crippen LogP contribution in [0.1, 0.15) is 49.3 Å². The Morgan fingerprint density at radius 2 is 2.00 bits per heavy atom. The first kappa shape index (κ1) is 22.8. The topological polar surface area (TPSA) is 112 Å².